The first kappa shape index (κ1) is 79.1. The number of rotatable bonds is 23. The monoisotopic (exact) mass is 1570 g/mol. The normalized spacial score (nSPS) is 13.0. The van der Waals surface area contributed by atoms with E-state index in [0.29, 0.717) is 69.6 Å². The van der Waals surface area contributed by atoms with Crippen LogP contribution in [0.25, 0.3) is 45.8 Å². The third-order valence-corrected chi connectivity index (χ3v) is 24.2. The van der Waals surface area contributed by atoms with E-state index in [9.17, 15) is 19.2 Å². The third kappa shape index (κ3) is 19.9. The Balaban J connectivity index is 0.000000130. The summed E-state index contributed by atoms with van der Waals surface area (Å²) >= 11 is 8.05. The Kier molecular flexibility index (Phi) is 27.0. The lowest BCUT2D eigenvalue weighted by Crippen LogP contribution is -2.30. The zero-order valence-electron chi connectivity index (χ0n) is 63.8. The van der Waals surface area contributed by atoms with E-state index in [4.69, 9.17) is 22.4 Å². The first-order chi connectivity index (χ1) is 54.1. The van der Waals surface area contributed by atoms with Gasteiger partial charge in [0.05, 0.1) is 52.9 Å². The molecule has 4 aliphatic heterocycles. The van der Waals surface area contributed by atoms with Crippen molar-refractivity contribution in [2.75, 3.05) is 82.2 Å². The summed E-state index contributed by atoms with van der Waals surface area (Å²) in [6, 6.07) is 64.8. The van der Waals surface area contributed by atoms with Gasteiger partial charge in [-0.2, -0.15) is 0 Å². The average molecular weight is 1580 g/mol. The van der Waals surface area contributed by atoms with Crippen molar-refractivity contribution in [1.82, 2.24) is 19.9 Å². The minimum atomic E-state index is 0.145. The molecular weight excluding hydrogens is 1490 g/mol. The second-order valence-electron chi connectivity index (χ2n) is 27.1. The molecule has 0 bridgehead atoms. The van der Waals surface area contributed by atoms with E-state index in [0.717, 1.165) is 155 Å². The summed E-state index contributed by atoms with van der Waals surface area (Å²) in [5.41, 5.74) is 19.2. The van der Waals surface area contributed by atoms with Crippen LogP contribution >= 0.6 is 58.8 Å². The molecule has 16 rings (SSSR count). The summed E-state index contributed by atoms with van der Waals surface area (Å²) in [6.45, 7) is 15.0. The van der Waals surface area contributed by atoms with Crippen LogP contribution in [-0.4, -0.2) is 106 Å². The summed E-state index contributed by atoms with van der Waals surface area (Å²) < 4.78 is 28.5. The Bertz CT molecular complexity index is 4810. The van der Waals surface area contributed by atoms with E-state index in [2.05, 4.69) is 113 Å². The molecule has 0 radical (unpaired) electrons. The molecule has 0 unspecified atom stereocenters. The molecule has 8 heterocycles. The predicted molar refractivity (Wildman–Crippen MR) is 454 cm³/mol. The number of carbonyl (C=O) groups excluding carboxylic acids is 4. The van der Waals surface area contributed by atoms with Gasteiger partial charge in [0.25, 0.3) is 0 Å². The lowest BCUT2D eigenvalue weighted by molar-refractivity contribution is -0.116. The van der Waals surface area contributed by atoms with E-state index in [1.165, 1.54) is 38.3 Å². The molecule has 12 aromatic rings. The number of methoxy groups -OCH3 is 1. The van der Waals surface area contributed by atoms with Crippen molar-refractivity contribution in [2.24, 2.45) is 0 Å². The Hall–Kier alpha value is -9.97. The van der Waals surface area contributed by atoms with Gasteiger partial charge in [0.1, 0.15) is 28.8 Å². The predicted octanol–water partition coefficient (Wildman–Crippen LogP) is 19.5. The number of para-hydroxylation sites is 4. The summed E-state index contributed by atoms with van der Waals surface area (Å²) in [6.07, 6.45) is 6.82. The largest absolute Gasteiger partial charge is 0.497 e. The fraction of sp³-hybridized carbons (Fsp3) is 0.281. The van der Waals surface area contributed by atoms with Gasteiger partial charge in [-0.1, -0.05) is 110 Å². The SMILES string of the molecule is CCc1ccc(-c2nc(CSCC(=O)N3CCc4ccccc43)c(C)o2)cc1.COc1ccc(-c2nc(CSCC(=O)N3CCc4ccccc43)c(C)o2)cc1.CSc1ccc(-c2nc(CSCC(=O)N3CCc4ccccc43)c(C)o2)cc1.Cc1ccc(-c2nc(CSCC(=O)N3CCc4ccccc43)c(C)o2)cc1. The van der Waals surface area contributed by atoms with Crippen LogP contribution < -0.4 is 24.3 Å². The van der Waals surface area contributed by atoms with E-state index < -0.39 is 0 Å². The Labute approximate surface area is 670 Å². The number of thioether (sulfide) groups is 5. The molecule has 4 aliphatic rings. The molecule has 4 aromatic heterocycles. The fourth-order valence-electron chi connectivity index (χ4n) is 13.4. The number of nitrogens with zero attached hydrogens (tertiary/aromatic N) is 8. The van der Waals surface area contributed by atoms with Crippen LogP contribution in [0.4, 0.5) is 22.7 Å². The van der Waals surface area contributed by atoms with Crippen LogP contribution in [0.5, 0.6) is 5.75 Å². The van der Waals surface area contributed by atoms with Crippen molar-refractivity contribution in [2.45, 2.75) is 102 Å². The number of benzene rings is 8. The summed E-state index contributed by atoms with van der Waals surface area (Å²) in [5.74, 6) is 11.6. The van der Waals surface area contributed by atoms with Crippen molar-refractivity contribution >= 4 is 105 Å². The maximum atomic E-state index is 12.6. The minimum Gasteiger partial charge on any atom is -0.497 e. The standard InChI is InChI=1S/C23H24N2O2S.C22H22N2O3S.C22H22N2O2S2.C22H22N2O2S/c1-3-17-8-10-19(11-9-17)23-24-20(16(2)27-23)14-28-15-22(26)25-13-12-18-6-4-5-7-21(18)25;1-15-19(23-22(27-15)17-7-9-18(26-2)10-8-17)13-28-14-21(25)24-12-11-16-5-3-4-6-20(16)24;1-15-19(23-22(26-15)17-7-9-18(27-2)10-8-17)13-28-14-21(25)24-12-11-16-5-3-4-6-20(16)24;1-15-7-9-18(10-8-15)22-23-19(16(2)26-22)13-27-14-21(25)24-12-11-17-5-3-4-6-20(17)24/h4-11H,3,12-15H2,1-2H3;2*3-10H,11-14H2,1-2H3;3-10H,11-14H2,1-2H3. The van der Waals surface area contributed by atoms with Crippen LogP contribution in [0.15, 0.2) is 217 Å². The maximum absolute atomic E-state index is 12.6. The van der Waals surface area contributed by atoms with Gasteiger partial charge in [-0.3, -0.25) is 19.2 Å². The van der Waals surface area contributed by atoms with E-state index in [-0.39, 0.29) is 23.6 Å². The molecule has 0 saturated carbocycles. The lowest BCUT2D eigenvalue weighted by Gasteiger charge is -2.16. The summed E-state index contributed by atoms with van der Waals surface area (Å²) in [7, 11) is 1.64. The van der Waals surface area contributed by atoms with Crippen LogP contribution in [0.1, 0.15) is 86.1 Å². The third-order valence-electron chi connectivity index (χ3n) is 19.8. The van der Waals surface area contributed by atoms with E-state index in [1.807, 2.05) is 169 Å². The number of anilines is 4. The zero-order chi connectivity index (χ0) is 77.3. The molecule has 0 spiro atoms. The zero-order valence-corrected chi connectivity index (χ0v) is 67.9. The molecule has 0 N–H and O–H groups in total. The van der Waals surface area contributed by atoms with Gasteiger partial charge in [0, 0.05) is 99.1 Å². The van der Waals surface area contributed by atoms with Crippen molar-refractivity contribution in [1.29, 1.82) is 0 Å². The number of ether oxygens (including phenoxy) is 1. The summed E-state index contributed by atoms with van der Waals surface area (Å²) in [4.78, 5) is 77.8. The molecule has 22 heteroatoms. The Morgan fingerprint density at radius 3 is 0.919 bits per heavy atom. The van der Waals surface area contributed by atoms with Crippen molar-refractivity contribution in [3.05, 3.63) is 273 Å². The molecule has 0 saturated heterocycles. The van der Waals surface area contributed by atoms with Gasteiger partial charge in [0.2, 0.25) is 47.2 Å². The first-order valence-electron chi connectivity index (χ1n) is 37.2. The van der Waals surface area contributed by atoms with Gasteiger partial charge in [-0.05, 0) is 198 Å². The molecule has 111 heavy (non-hydrogen) atoms. The quantitative estimate of drug-likeness (QED) is 0.0548. The first-order valence-corrected chi connectivity index (χ1v) is 43.1. The molecular formula is C89H90N8O9S5. The Morgan fingerprint density at radius 1 is 0.369 bits per heavy atom. The smallest absolute Gasteiger partial charge is 0.237 e. The maximum Gasteiger partial charge on any atom is 0.237 e. The van der Waals surface area contributed by atoms with Crippen molar-refractivity contribution in [3.8, 4) is 51.6 Å². The van der Waals surface area contributed by atoms with Crippen molar-refractivity contribution < 1.29 is 41.6 Å². The number of amides is 4. The highest BCUT2D eigenvalue weighted by atomic mass is 32.2. The number of hydrogen-bond acceptors (Lipinski definition) is 18. The highest BCUT2D eigenvalue weighted by Gasteiger charge is 2.29. The second kappa shape index (κ2) is 37.8. The van der Waals surface area contributed by atoms with Crippen LogP contribution in [-0.2, 0) is 74.3 Å². The van der Waals surface area contributed by atoms with Gasteiger partial charge < -0.3 is 42.0 Å². The topological polar surface area (TPSA) is 195 Å². The highest BCUT2D eigenvalue weighted by molar-refractivity contribution is 8.00. The molecule has 570 valence electrons. The number of fused-ring (bicyclic) bond motifs is 4. The number of aryl methyl sites for hydroxylation is 6. The van der Waals surface area contributed by atoms with Crippen LogP contribution in [0.2, 0.25) is 0 Å². The van der Waals surface area contributed by atoms with Crippen LogP contribution in [0.3, 0.4) is 0 Å². The van der Waals surface area contributed by atoms with Crippen LogP contribution in [0, 0.1) is 34.6 Å². The molecule has 0 fully saturated rings. The van der Waals surface area contributed by atoms with Gasteiger partial charge in [-0.25, -0.2) is 19.9 Å². The van der Waals surface area contributed by atoms with E-state index >= 15 is 0 Å². The molecule has 17 nitrogen and oxygen atoms in total. The molecule has 0 atom stereocenters. The van der Waals surface area contributed by atoms with E-state index in [1.54, 1.807) is 65.9 Å². The number of oxazole rings is 4. The summed E-state index contributed by atoms with van der Waals surface area (Å²) in [5, 5.41) is 0. The average Bonchev–Trinajstić information content (AvgIpc) is 1.70. The highest BCUT2D eigenvalue weighted by Crippen LogP contribution is 2.36. The number of aromatic nitrogens is 4. The molecule has 4 amide bonds. The fourth-order valence-corrected chi connectivity index (χ4v) is 17.4. The van der Waals surface area contributed by atoms with Gasteiger partial charge >= 0.3 is 0 Å². The second-order valence-corrected chi connectivity index (χ2v) is 32.0. The lowest BCUT2D eigenvalue weighted by atomic mass is 10.1. The molecule has 8 aromatic carbocycles. The van der Waals surface area contributed by atoms with Gasteiger partial charge in [0.15, 0.2) is 0 Å². The van der Waals surface area contributed by atoms with Gasteiger partial charge in [-0.15, -0.1) is 58.8 Å². The minimum absolute atomic E-state index is 0.145. The Morgan fingerprint density at radius 2 is 0.640 bits per heavy atom. The number of hydrogen-bond donors (Lipinski definition) is 0. The number of carbonyl (C=O) groups is 4. The van der Waals surface area contributed by atoms with Crippen molar-refractivity contribution in [3.63, 3.8) is 0 Å². The molecule has 0 aliphatic carbocycles.